The number of hydrogen-bond acceptors (Lipinski definition) is 3. The van der Waals surface area contributed by atoms with Crippen LogP contribution in [0.15, 0.2) is 188 Å². The molecule has 12 rings (SSSR count). The lowest BCUT2D eigenvalue weighted by Gasteiger charge is -2.40. The average Bonchev–Trinajstić information content (AvgIpc) is 3.57. The minimum Gasteiger partial charge on any atom is -0.456 e. The largest absolute Gasteiger partial charge is 0.456 e. The van der Waals surface area contributed by atoms with E-state index in [4.69, 9.17) is 14.7 Å². The number of nitrogens with zero attached hydrogens (tertiary/aromatic N) is 2. The lowest BCUT2D eigenvalue weighted by Crippen LogP contribution is -2.32. The van der Waals surface area contributed by atoms with Crippen LogP contribution in [-0.2, 0) is 11.8 Å². The summed E-state index contributed by atoms with van der Waals surface area (Å²) >= 11 is 0. The summed E-state index contributed by atoms with van der Waals surface area (Å²) in [5.41, 5.74) is 16.4. The predicted octanol–water partition coefficient (Wildman–Crippen LogP) is 13.3. The molecule has 0 saturated heterocycles. The highest BCUT2D eigenvalue weighted by Gasteiger charge is 2.51. The maximum atomic E-state index is 7.01. The van der Waals surface area contributed by atoms with Crippen molar-refractivity contribution in [3.63, 3.8) is 0 Å². The Morgan fingerprint density at radius 2 is 1.09 bits per heavy atom. The normalized spacial score (nSPS) is 13.8. The first kappa shape index (κ1) is 31.9. The van der Waals surface area contributed by atoms with Crippen LogP contribution >= 0.6 is 0 Å². The van der Waals surface area contributed by atoms with E-state index >= 15 is 0 Å². The lowest BCUT2D eigenvalue weighted by atomic mass is 9.65. The van der Waals surface area contributed by atoms with Crippen molar-refractivity contribution in [2.75, 3.05) is 0 Å². The first-order valence-electron chi connectivity index (χ1n) is 19.6. The Morgan fingerprint density at radius 3 is 1.91 bits per heavy atom. The van der Waals surface area contributed by atoms with Crippen LogP contribution in [0, 0.1) is 0 Å². The van der Waals surface area contributed by atoms with E-state index < -0.39 is 5.41 Å². The highest BCUT2D eigenvalue weighted by molar-refractivity contribution is 5.98. The molecule has 3 heteroatoms. The van der Waals surface area contributed by atoms with E-state index in [2.05, 4.69) is 188 Å². The third-order valence-corrected chi connectivity index (χ3v) is 12.1. The van der Waals surface area contributed by atoms with Gasteiger partial charge in [0.15, 0.2) is 5.82 Å². The Bertz CT molecular complexity index is 3100. The molecule has 0 saturated carbocycles. The second-order valence-electron chi connectivity index (χ2n) is 15.2. The molecule has 2 aliphatic carbocycles. The van der Waals surface area contributed by atoms with Crippen LogP contribution in [0.25, 0.3) is 73.0 Å². The molecular weight excluding hydrogens is 693 g/mol. The molecule has 3 nitrogen and oxygen atoms in total. The molecule has 9 aromatic rings. The quantitative estimate of drug-likeness (QED) is 0.181. The van der Waals surface area contributed by atoms with Gasteiger partial charge >= 0.3 is 0 Å². The zero-order valence-corrected chi connectivity index (χ0v) is 31.0. The van der Waals surface area contributed by atoms with Crippen LogP contribution in [0.5, 0.6) is 11.5 Å². The van der Waals surface area contributed by atoms with Crippen LogP contribution in [0.1, 0.15) is 33.4 Å². The SMILES string of the molecule is C1=Cc2cc(-c3cc(-c4ccccc4)nc(-c4cccc(-c5cccc6c5Oc5ccccc5C65c6ccccc6-c6ccccc65)c4)n3)cc3cccc(c23)C1. The van der Waals surface area contributed by atoms with Gasteiger partial charge in [-0.2, -0.15) is 0 Å². The number of ether oxygens (including phenoxy) is 1. The summed E-state index contributed by atoms with van der Waals surface area (Å²) in [7, 11) is 0. The maximum absolute atomic E-state index is 7.01. The zero-order chi connectivity index (χ0) is 37.5. The summed E-state index contributed by atoms with van der Waals surface area (Å²) in [5.74, 6) is 2.43. The molecule has 266 valence electrons. The minimum atomic E-state index is -0.526. The van der Waals surface area contributed by atoms with Crippen molar-refractivity contribution in [2.24, 2.45) is 0 Å². The molecular formula is C54H34N2O. The molecule has 0 atom stereocenters. The van der Waals surface area contributed by atoms with Crippen molar-refractivity contribution >= 4 is 16.8 Å². The third kappa shape index (κ3) is 4.73. The summed E-state index contributed by atoms with van der Waals surface area (Å²) in [5, 5.41) is 2.56. The Morgan fingerprint density at radius 1 is 0.456 bits per heavy atom. The maximum Gasteiger partial charge on any atom is 0.160 e. The number of benzene rings is 8. The van der Waals surface area contributed by atoms with Crippen molar-refractivity contribution < 1.29 is 4.74 Å². The molecule has 0 fully saturated rings. The summed E-state index contributed by atoms with van der Waals surface area (Å²) in [6.45, 7) is 0. The molecule has 0 amide bonds. The number of para-hydroxylation sites is 2. The molecule has 1 aromatic heterocycles. The van der Waals surface area contributed by atoms with Crippen molar-refractivity contribution in [2.45, 2.75) is 11.8 Å². The molecule has 1 spiro atoms. The number of rotatable bonds is 4. The Kier molecular flexibility index (Phi) is 6.91. The van der Waals surface area contributed by atoms with Crippen molar-refractivity contribution in [3.8, 4) is 67.7 Å². The van der Waals surface area contributed by atoms with Gasteiger partial charge in [0.1, 0.15) is 11.5 Å². The van der Waals surface area contributed by atoms with Crippen molar-refractivity contribution in [1.29, 1.82) is 0 Å². The van der Waals surface area contributed by atoms with Crippen LogP contribution in [0.3, 0.4) is 0 Å². The average molecular weight is 727 g/mol. The first-order chi connectivity index (χ1) is 28.2. The summed E-state index contributed by atoms with van der Waals surface area (Å²) in [6.07, 6.45) is 5.46. The highest BCUT2D eigenvalue weighted by Crippen LogP contribution is 2.63. The van der Waals surface area contributed by atoms with E-state index in [9.17, 15) is 0 Å². The van der Waals surface area contributed by atoms with E-state index in [0.717, 1.165) is 68.3 Å². The number of fused-ring (bicyclic) bond motifs is 9. The minimum absolute atomic E-state index is 0.526. The van der Waals surface area contributed by atoms with E-state index in [-0.39, 0.29) is 0 Å². The Balaban J connectivity index is 1.05. The van der Waals surface area contributed by atoms with Gasteiger partial charge in [0.2, 0.25) is 0 Å². The van der Waals surface area contributed by atoms with Crippen LogP contribution in [0.4, 0.5) is 0 Å². The molecule has 0 radical (unpaired) electrons. The molecule has 2 heterocycles. The van der Waals surface area contributed by atoms with E-state index in [1.165, 1.54) is 44.2 Å². The summed E-state index contributed by atoms with van der Waals surface area (Å²) in [6, 6.07) is 65.2. The fraction of sp³-hybridized carbons (Fsp3) is 0.0370. The Hall–Kier alpha value is -7.36. The van der Waals surface area contributed by atoms with Crippen LogP contribution < -0.4 is 4.74 Å². The van der Waals surface area contributed by atoms with Crippen molar-refractivity contribution in [3.05, 3.63) is 221 Å². The zero-order valence-electron chi connectivity index (χ0n) is 31.0. The van der Waals surface area contributed by atoms with Gasteiger partial charge in [-0.1, -0.05) is 164 Å². The van der Waals surface area contributed by atoms with Crippen molar-refractivity contribution in [1.82, 2.24) is 9.97 Å². The van der Waals surface area contributed by atoms with Gasteiger partial charge in [-0.15, -0.1) is 0 Å². The second kappa shape index (κ2) is 12.3. The monoisotopic (exact) mass is 726 g/mol. The van der Waals surface area contributed by atoms with Crippen LogP contribution in [0.2, 0.25) is 0 Å². The topological polar surface area (TPSA) is 35.0 Å². The highest BCUT2D eigenvalue weighted by atomic mass is 16.5. The van der Waals surface area contributed by atoms with Gasteiger partial charge in [0.05, 0.1) is 16.8 Å². The number of allylic oxidation sites excluding steroid dienone is 1. The standard InChI is InChI=1S/C54H34N2O/c1-2-14-34(15-3-1)48-33-49(40-31-37-19-10-16-35-17-11-20-38(32-40)51(35)37)56-53(55-48)39-21-12-18-36(30-39)41-24-13-28-47-52(41)57-50-29-9-8-27-46(50)54(47)44-25-6-4-22-42(44)43-23-5-7-26-45(43)54/h1-16,18-33H,17H2. The van der Waals surface area contributed by atoms with Gasteiger partial charge in [-0.05, 0) is 86.5 Å². The van der Waals surface area contributed by atoms with E-state index in [1.807, 2.05) is 6.07 Å². The fourth-order valence-corrected chi connectivity index (χ4v) is 9.72. The molecule has 57 heavy (non-hydrogen) atoms. The van der Waals surface area contributed by atoms with Gasteiger partial charge in [0.25, 0.3) is 0 Å². The molecule has 0 unspecified atom stereocenters. The van der Waals surface area contributed by atoms with Gasteiger partial charge in [-0.25, -0.2) is 9.97 Å². The molecule has 0 N–H and O–H groups in total. The third-order valence-electron chi connectivity index (χ3n) is 12.1. The summed E-state index contributed by atoms with van der Waals surface area (Å²) in [4.78, 5) is 10.5. The molecule has 1 aliphatic heterocycles. The van der Waals surface area contributed by atoms with E-state index in [1.54, 1.807) is 0 Å². The number of hydrogen-bond donors (Lipinski definition) is 0. The summed E-state index contributed by atoms with van der Waals surface area (Å²) < 4.78 is 7.01. The lowest BCUT2D eigenvalue weighted by molar-refractivity contribution is 0.438. The molecule has 0 bridgehead atoms. The fourth-order valence-electron chi connectivity index (χ4n) is 9.72. The molecule has 8 aromatic carbocycles. The predicted molar refractivity (Wildman–Crippen MR) is 231 cm³/mol. The smallest absolute Gasteiger partial charge is 0.160 e. The number of aromatic nitrogens is 2. The van der Waals surface area contributed by atoms with Gasteiger partial charge in [0, 0.05) is 33.4 Å². The van der Waals surface area contributed by atoms with Gasteiger partial charge < -0.3 is 4.74 Å². The van der Waals surface area contributed by atoms with Crippen LogP contribution in [-0.4, -0.2) is 9.97 Å². The first-order valence-corrected chi connectivity index (χ1v) is 19.6. The molecule has 3 aliphatic rings. The second-order valence-corrected chi connectivity index (χ2v) is 15.2. The Labute approximate surface area is 331 Å². The van der Waals surface area contributed by atoms with Gasteiger partial charge in [-0.3, -0.25) is 0 Å². The van der Waals surface area contributed by atoms with E-state index in [0.29, 0.717) is 5.82 Å².